The summed E-state index contributed by atoms with van der Waals surface area (Å²) < 4.78 is 16.1. The van der Waals surface area contributed by atoms with Gasteiger partial charge in [-0.1, -0.05) is 19.0 Å². The highest BCUT2D eigenvalue weighted by molar-refractivity contribution is 5.93. The van der Waals surface area contributed by atoms with Crippen molar-refractivity contribution in [2.24, 2.45) is 5.73 Å². The second-order valence-electron chi connectivity index (χ2n) is 5.43. The summed E-state index contributed by atoms with van der Waals surface area (Å²) in [7, 11) is 0. The molecule has 1 aliphatic heterocycles. The van der Waals surface area contributed by atoms with E-state index in [0.29, 0.717) is 17.9 Å². The molecule has 1 saturated heterocycles. The molecule has 6 heteroatoms. The summed E-state index contributed by atoms with van der Waals surface area (Å²) in [6, 6.07) is 0. The summed E-state index contributed by atoms with van der Waals surface area (Å²) >= 11 is 0. The Hall–Kier alpha value is -1.40. The van der Waals surface area contributed by atoms with Crippen LogP contribution in [0, 0.1) is 0 Å². The Labute approximate surface area is 112 Å². The van der Waals surface area contributed by atoms with Gasteiger partial charge in [0.05, 0.1) is 6.61 Å². The highest BCUT2D eigenvalue weighted by Gasteiger charge is 2.31. The molecule has 1 fully saturated rings. The fourth-order valence-corrected chi connectivity index (χ4v) is 2.11. The lowest BCUT2D eigenvalue weighted by Gasteiger charge is -2.28. The number of hydrogen-bond acceptors (Lipinski definition) is 5. The molecule has 0 aliphatic carbocycles. The van der Waals surface area contributed by atoms with Gasteiger partial charge in [0, 0.05) is 12.0 Å². The predicted octanol–water partition coefficient (Wildman–Crippen LogP) is 1.59. The molecule has 2 rings (SSSR count). The van der Waals surface area contributed by atoms with Crippen LogP contribution in [0.3, 0.4) is 0 Å². The Morgan fingerprint density at radius 1 is 1.58 bits per heavy atom. The van der Waals surface area contributed by atoms with Crippen LogP contribution in [0.1, 0.15) is 49.2 Å². The van der Waals surface area contributed by atoms with E-state index < -0.39 is 11.3 Å². The zero-order valence-corrected chi connectivity index (χ0v) is 11.3. The normalized spacial score (nSPS) is 20.4. The van der Waals surface area contributed by atoms with Crippen molar-refractivity contribution < 1.29 is 18.8 Å². The maximum atomic E-state index is 11.3. The van der Waals surface area contributed by atoms with Crippen molar-refractivity contribution in [1.82, 2.24) is 5.16 Å². The molecule has 6 nitrogen and oxygen atoms in total. The van der Waals surface area contributed by atoms with Gasteiger partial charge in [0.2, 0.25) is 0 Å². The van der Waals surface area contributed by atoms with Crippen LogP contribution in [-0.4, -0.2) is 30.6 Å². The van der Waals surface area contributed by atoms with Crippen molar-refractivity contribution in [2.75, 3.05) is 13.2 Å². The van der Waals surface area contributed by atoms with Gasteiger partial charge in [-0.05, 0) is 19.3 Å². The molecule has 2 N–H and O–H groups in total. The van der Waals surface area contributed by atoms with Crippen LogP contribution in [0.4, 0.5) is 0 Å². The predicted molar refractivity (Wildman–Crippen MR) is 67.6 cm³/mol. The average Bonchev–Trinajstić information content (AvgIpc) is 2.88. The summed E-state index contributed by atoms with van der Waals surface area (Å²) in [5.41, 5.74) is 5.66. The monoisotopic (exact) mass is 268 g/mol. The number of rotatable bonds is 5. The SMILES string of the molecule is CC(C)(COC1CCCCO1)c1nocc1C(N)=O. The van der Waals surface area contributed by atoms with Gasteiger partial charge in [-0.15, -0.1) is 0 Å². The molecule has 1 aliphatic rings. The van der Waals surface area contributed by atoms with Crippen molar-refractivity contribution in [3.63, 3.8) is 0 Å². The molecule has 1 aromatic rings. The lowest BCUT2D eigenvalue weighted by Crippen LogP contribution is -2.32. The topological polar surface area (TPSA) is 87.6 Å². The second kappa shape index (κ2) is 5.71. The number of nitrogens with zero attached hydrogens (tertiary/aromatic N) is 1. The number of carbonyl (C=O) groups is 1. The number of carbonyl (C=O) groups excluding carboxylic acids is 1. The second-order valence-corrected chi connectivity index (χ2v) is 5.43. The van der Waals surface area contributed by atoms with Crippen LogP contribution in [0.25, 0.3) is 0 Å². The molecule has 0 spiro atoms. The van der Waals surface area contributed by atoms with Crippen molar-refractivity contribution in [2.45, 2.75) is 44.8 Å². The zero-order chi connectivity index (χ0) is 13.9. The molecule has 1 unspecified atom stereocenters. The number of nitrogens with two attached hydrogens (primary N) is 1. The van der Waals surface area contributed by atoms with Crippen molar-refractivity contribution >= 4 is 5.91 Å². The van der Waals surface area contributed by atoms with Crippen LogP contribution < -0.4 is 5.73 Å². The molecule has 19 heavy (non-hydrogen) atoms. The molecule has 0 bridgehead atoms. The Morgan fingerprint density at radius 2 is 2.37 bits per heavy atom. The van der Waals surface area contributed by atoms with Gasteiger partial charge in [-0.25, -0.2) is 0 Å². The quantitative estimate of drug-likeness (QED) is 0.876. The number of ether oxygens (including phenoxy) is 2. The van der Waals surface area contributed by atoms with E-state index in [1.165, 1.54) is 6.26 Å². The lowest BCUT2D eigenvalue weighted by atomic mass is 9.88. The molecule has 1 aromatic heterocycles. The van der Waals surface area contributed by atoms with E-state index in [1.807, 2.05) is 13.8 Å². The third-order valence-corrected chi connectivity index (χ3v) is 3.24. The van der Waals surface area contributed by atoms with Crippen molar-refractivity contribution in [3.05, 3.63) is 17.5 Å². The van der Waals surface area contributed by atoms with E-state index in [9.17, 15) is 4.79 Å². The molecule has 1 atom stereocenters. The first-order valence-electron chi connectivity index (χ1n) is 6.48. The van der Waals surface area contributed by atoms with Crippen LogP contribution >= 0.6 is 0 Å². The van der Waals surface area contributed by atoms with E-state index in [1.54, 1.807) is 0 Å². The molecule has 0 saturated carbocycles. The Balaban J connectivity index is 2.00. The van der Waals surface area contributed by atoms with E-state index in [0.717, 1.165) is 25.9 Å². The summed E-state index contributed by atoms with van der Waals surface area (Å²) in [6.07, 6.45) is 4.20. The first kappa shape index (κ1) is 14.0. The Kier molecular flexibility index (Phi) is 4.21. The Morgan fingerprint density at radius 3 is 3.00 bits per heavy atom. The van der Waals surface area contributed by atoms with Gasteiger partial charge in [-0.2, -0.15) is 0 Å². The summed E-state index contributed by atoms with van der Waals surface area (Å²) in [5, 5.41) is 3.88. The first-order chi connectivity index (χ1) is 9.00. The largest absolute Gasteiger partial charge is 0.365 e. The minimum atomic E-state index is -0.543. The third-order valence-electron chi connectivity index (χ3n) is 3.24. The molecular formula is C13H20N2O4. The van der Waals surface area contributed by atoms with Gasteiger partial charge in [0.25, 0.3) is 5.91 Å². The van der Waals surface area contributed by atoms with E-state index in [4.69, 9.17) is 19.7 Å². The summed E-state index contributed by atoms with van der Waals surface area (Å²) in [4.78, 5) is 11.3. The fourth-order valence-electron chi connectivity index (χ4n) is 2.11. The number of amides is 1. The van der Waals surface area contributed by atoms with Gasteiger partial charge in [0.1, 0.15) is 17.5 Å². The van der Waals surface area contributed by atoms with Gasteiger partial charge in [0.15, 0.2) is 6.29 Å². The standard InChI is InChI=1S/C13H20N2O4/c1-13(2,8-18-10-5-3-4-6-17-10)11-9(12(14)16)7-19-15-11/h7,10H,3-6,8H2,1-2H3,(H2,14,16). The van der Waals surface area contributed by atoms with Crippen molar-refractivity contribution in [1.29, 1.82) is 0 Å². The number of hydrogen-bond donors (Lipinski definition) is 1. The Bertz CT molecular complexity index is 436. The maximum absolute atomic E-state index is 11.3. The van der Waals surface area contributed by atoms with Gasteiger partial charge >= 0.3 is 0 Å². The minimum Gasteiger partial charge on any atom is -0.365 e. The highest BCUT2D eigenvalue weighted by atomic mass is 16.7. The molecule has 106 valence electrons. The summed E-state index contributed by atoms with van der Waals surface area (Å²) in [5.74, 6) is -0.543. The van der Waals surface area contributed by atoms with E-state index in [-0.39, 0.29) is 6.29 Å². The molecule has 0 aromatic carbocycles. The molecule has 0 radical (unpaired) electrons. The molecule has 2 heterocycles. The fraction of sp³-hybridized carbons (Fsp3) is 0.692. The molecular weight excluding hydrogens is 248 g/mol. The van der Waals surface area contributed by atoms with Crippen LogP contribution in [0.5, 0.6) is 0 Å². The highest BCUT2D eigenvalue weighted by Crippen LogP contribution is 2.27. The minimum absolute atomic E-state index is 0.169. The van der Waals surface area contributed by atoms with Gasteiger partial charge in [-0.3, -0.25) is 4.79 Å². The smallest absolute Gasteiger partial charge is 0.253 e. The van der Waals surface area contributed by atoms with Gasteiger partial charge < -0.3 is 19.7 Å². The average molecular weight is 268 g/mol. The molecule has 1 amide bonds. The van der Waals surface area contributed by atoms with Crippen LogP contribution in [-0.2, 0) is 14.9 Å². The maximum Gasteiger partial charge on any atom is 0.253 e. The first-order valence-corrected chi connectivity index (χ1v) is 6.48. The van der Waals surface area contributed by atoms with E-state index in [2.05, 4.69) is 5.16 Å². The van der Waals surface area contributed by atoms with Crippen LogP contribution in [0.15, 0.2) is 10.8 Å². The third kappa shape index (κ3) is 3.33. The lowest BCUT2D eigenvalue weighted by molar-refractivity contribution is -0.170. The van der Waals surface area contributed by atoms with E-state index >= 15 is 0 Å². The number of primary amides is 1. The van der Waals surface area contributed by atoms with Crippen LogP contribution in [0.2, 0.25) is 0 Å². The summed E-state index contributed by atoms with van der Waals surface area (Å²) in [6.45, 7) is 4.99. The van der Waals surface area contributed by atoms with Crippen molar-refractivity contribution in [3.8, 4) is 0 Å². The zero-order valence-electron chi connectivity index (χ0n) is 11.3. The number of aromatic nitrogens is 1.